The highest BCUT2D eigenvalue weighted by molar-refractivity contribution is 5.48. The van der Waals surface area contributed by atoms with Crippen molar-refractivity contribution in [3.05, 3.63) is 42.4 Å². The second-order valence-corrected chi connectivity index (χ2v) is 4.67. The summed E-state index contributed by atoms with van der Waals surface area (Å²) in [6.07, 6.45) is 5.29. The Bertz CT molecular complexity index is 555. The summed E-state index contributed by atoms with van der Waals surface area (Å²) in [4.78, 5) is 17.3. The third-order valence-electron chi connectivity index (χ3n) is 3.45. The first kappa shape index (κ1) is 12.8. The molecule has 0 amide bonds. The first-order valence-electron chi connectivity index (χ1n) is 6.70. The molecule has 1 aliphatic rings. The lowest BCUT2D eigenvalue weighted by Crippen LogP contribution is -2.47. The number of pyridine rings is 1. The normalized spacial score (nSPS) is 15.4. The van der Waals surface area contributed by atoms with E-state index in [4.69, 9.17) is 0 Å². The zero-order valence-electron chi connectivity index (χ0n) is 11.2. The molecule has 0 aliphatic carbocycles. The molecule has 2 aromatic heterocycles. The van der Waals surface area contributed by atoms with Crippen LogP contribution < -0.4 is 9.80 Å². The number of nitrogens with zero attached hydrogens (tertiary/aromatic N) is 5. The Kier molecular flexibility index (Phi) is 3.73. The second kappa shape index (κ2) is 5.83. The van der Waals surface area contributed by atoms with E-state index < -0.39 is 0 Å². The Balaban J connectivity index is 1.70. The largest absolute Gasteiger partial charge is 0.392 e. The summed E-state index contributed by atoms with van der Waals surface area (Å²) < 4.78 is 0. The maximum Gasteiger partial charge on any atom is 0.225 e. The van der Waals surface area contributed by atoms with E-state index in [-0.39, 0.29) is 6.61 Å². The summed E-state index contributed by atoms with van der Waals surface area (Å²) >= 11 is 0. The van der Waals surface area contributed by atoms with Gasteiger partial charge in [0.2, 0.25) is 5.95 Å². The number of anilines is 2. The lowest BCUT2D eigenvalue weighted by Gasteiger charge is -2.36. The topological polar surface area (TPSA) is 65.4 Å². The van der Waals surface area contributed by atoms with Gasteiger partial charge in [-0.2, -0.15) is 0 Å². The zero-order valence-corrected chi connectivity index (χ0v) is 11.2. The summed E-state index contributed by atoms with van der Waals surface area (Å²) in [6.45, 7) is 3.42. The first-order chi connectivity index (χ1) is 9.88. The fraction of sp³-hybridized carbons (Fsp3) is 0.357. The van der Waals surface area contributed by atoms with E-state index >= 15 is 0 Å². The molecule has 1 N–H and O–H groups in total. The van der Waals surface area contributed by atoms with Crippen LogP contribution in [0.5, 0.6) is 0 Å². The Hall–Kier alpha value is -2.21. The highest BCUT2D eigenvalue weighted by Gasteiger charge is 2.21. The molecule has 6 heteroatoms. The van der Waals surface area contributed by atoms with Gasteiger partial charge in [-0.25, -0.2) is 15.0 Å². The van der Waals surface area contributed by atoms with Gasteiger partial charge < -0.3 is 14.9 Å². The maximum atomic E-state index is 9.38. The maximum absolute atomic E-state index is 9.38. The molecular formula is C14H17N5O. The molecule has 104 valence electrons. The molecule has 1 fully saturated rings. The third kappa shape index (κ3) is 2.55. The number of aromatic nitrogens is 3. The molecule has 0 atom stereocenters. The van der Waals surface area contributed by atoms with Gasteiger partial charge in [-0.1, -0.05) is 6.07 Å². The van der Waals surface area contributed by atoms with Gasteiger partial charge in [0, 0.05) is 50.3 Å². The van der Waals surface area contributed by atoms with Crippen LogP contribution in [0, 0.1) is 0 Å². The lowest BCUT2D eigenvalue weighted by atomic mass is 10.2. The summed E-state index contributed by atoms with van der Waals surface area (Å²) in [7, 11) is 0. The fourth-order valence-corrected chi connectivity index (χ4v) is 2.41. The molecule has 0 aromatic carbocycles. The minimum Gasteiger partial charge on any atom is -0.392 e. The summed E-state index contributed by atoms with van der Waals surface area (Å²) in [5, 5.41) is 9.38. The molecule has 0 radical (unpaired) electrons. The van der Waals surface area contributed by atoms with Crippen LogP contribution in [0.3, 0.4) is 0 Å². The Labute approximate surface area is 117 Å². The summed E-state index contributed by atoms with van der Waals surface area (Å²) in [6, 6.07) is 5.58. The number of hydrogen-bond donors (Lipinski definition) is 1. The van der Waals surface area contributed by atoms with Crippen LogP contribution in [-0.2, 0) is 6.61 Å². The van der Waals surface area contributed by atoms with Crippen molar-refractivity contribution in [1.82, 2.24) is 15.0 Å². The molecule has 3 heterocycles. The quantitative estimate of drug-likeness (QED) is 0.886. The number of hydrogen-bond acceptors (Lipinski definition) is 6. The smallest absolute Gasteiger partial charge is 0.225 e. The van der Waals surface area contributed by atoms with E-state index in [0.717, 1.165) is 43.5 Å². The van der Waals surface area contributed by atoms with Crippen molar-refractivity contribution >= 4 is 11.8 Å². The van der Waals surface area contributed by atoms with Gasteiger partial charge in [-0.15, -0.1) is 0 Å². The SMILES string of the molecule is OCc1cccnc1N1CCN(c2ncccn2)CC1. The predicted octanol–water partition coefficient (Wildman–Crippen LogP) is 0.690. The second-order valence-electron chi connectivity index (χ2n) is 4.67. The molecule has 6 nitrogen and oxygen atoms in total. The predicted molar refractivity (Wildman–Crippen MR) is 76.6 cm³/mol. The average Bonchev–Trinajstić information content (AvgIpc) is 2.56. The highest BCUT2D eigenvalue weighted by atomic mass is 16.3. The molecule has 0 saturated carbocycles. The number of piperazine rings is 1. The van der Waals surface area contributed by atoms with E-state index in [2.05, 4.69) is 24.8 Å². The van der Waals surface area contributed by atoms with E-state index in [0.29, 0.717) is 0 Å². The van der Waals surface area contributed by atoms with Gasteiger partial charge in [0.15, 0.2) is 0 Å². The molecule has 2 aromatic rings. The van der Waals surface area contributed by atoms with Crippen molar-refractivity contribution < 1.29 is 5.11 Å². The molecule has 3 rings (SSSR count). The van der Waals surface area contributed by atoms with Crippen LogP contribution in [0.15, 0.2) is 36.8 Å². The molecule has 0 unspecified atom stereocenters. The minimum absolute atomic E-state index is 0.0190. The monoisotopic (exact) mass is 271 g/mol. The van der Waals surface area contributed by atoms with E-state index in [1.165, 1.54) is 0 Å². The Morgan fingerprint density at radius 1 is 0.900 bits per heavy atom. The molecule has 1 saturated heterocycles. The summed E-state index contributed by atoms with van der Waals surface area (Å²) in [5.74, 6) is 1.65. The van der Waals surface area contributed by atoms with Crippen molar-refractivity contribution in [1.29, 1.82) is 0 Å². The van der Waals surface area contributed by atoms with Crippen LogP contribution in [0.2, 0.25) is 0 Å². The highest BCUT2D eigenvalue weighted by Crippen LogP contribution is 2.19. The number of rotatable bonds is 3. The van der Waals surface area contributed by atoms with Gasteiger partial charge in [0.05, 0.1) is 6.61 Å². The van der Waals surface area contributed by atoms with E-state index in [1.54, 1.807) is 18.6 Å². The van der Waals surface area contributed by atoms with Gasteiger partial charge in [-0.3, -0.25) is 0 Å². The van der Waals surface area contributed by atoms with Crippen molar-refractivity contribution in [3.63, 3.8) is 0 Å². The van der Waals surface area contributed by atoms with Crippen LogP contribution in [0.1, 0.15) is 5.56 Å². The average molecular weight is 271 g/mol. The molecular weight excluding hydrogens is 254 g/mol. The molecule has 0 spiro atoms. The summed E-state index contributed by atoms with van der Waals surface area (Å²) in [5.41, 5.74) is 0.872. The Morgan fingerprint density at radius 3 is 2.25 bits per heavy atom. The van der Waals surface area contributed by atoms with Gasteiger partial charge >= 0.3 is 0 Å². The number of aliphatic hydroxyl groups is 1. The lowest BCUT2D eigenvalue weighted by molar-refractivity contribution is 0.281. The third-order valence-corrected chi connectivity index (χ3v) is 3.45. The fourth-order valence-electron chi connectivity index (χ4n) is 2.41. The standard InChI is InChI=1S/C14H17N5O/c20-11-12-3-1-4-15-13(12)18-7-9-19(10-8-18)14-16-5-2-6-17-14/h1-6,20H,7-11H2. The van der Waals surface area contributed by atoms with Gasteiger partial charge in [-0.05, 0) is 12.1 Å². The minimum atomic E-state index is 0.0190. The van der Waals surface area contributed by atoms with Crippen molar-refractivity contribution in [2.75, 3.05) is 36.0 Å². The van der Waals surface area contributed by atoms with E-state index in [9.17, 15) is 5.11 Å². The Morgan fingerprint density at radius 2 is 1.55 bits per heavy atom. The van der Waals surface area contributed by atoms with Gasteiger partial charge in [0.25, 0.3) is 0 Å². The molecule has 0 bridgehead atoms. The van der Waals surface area contributed by atoms with Crippen molar-refractivity contribution in [2.45, 2.75) is 6.61 Å². The van der Waals surface area contributed by atoms with E-state index in [1.807, 2.05) is 18.2 Å². The van der Waals surface area contributed by atoms with Crippen LogP contribution in [0.4, 0.5) is 11.8 Å². The van der Waals surface area contributed by atoms with Crippen LogP contribution in [0.25, 0.3) is 0 Å². The molecule has 1 aliphatic heterocycles. The van der Waals surface area contributed by atoms with Crippen molar-refractivity contribution in [2.24, 2.45) is 0 Å². The molecule has 20 heavy (non-hydrogen) atoms. The number of aliphatic hydroxyl groups excluding tert-OH is 1. The van der Waals surface area contributed by atoms with Gasteiger partial charge in [0.1, 0.15) is 5.82 Å². The van der Waals surface area contributed by atoms with Crippen molar-refractivity contribution in [3.8, 4) is 0 Å². The van der Waals surface area contributed by atoms with Crippen LogP contribution >= 0.6 is 0 Å². The first-order valence-corrected chi connectivity index (χ1v) is 6.70. The zero-order chi connectivity index (χ0) is 13.8. The van der Waals surface area contributed by atoms with Crippen LogP contribution in [-0.4, -0.2) is 46.2 Å².